The molecule has 162 valence electrons. The van der Waals surface area contributed by atoms with Gasteiger partial charge in [-0.2, -0.15) is 0 Å². The Morgan fingerprint density at radius 2 is 1.97 bits per heavy atom. The summed E-state index contributed by atoms with van der Waals surface area (Å²) >= 11 is 4.64. The molecule has 1 saturated heterocycles. The van der Waals surface area contributed by atoms with E-state index in [0.29, 0.717) is 6.42 Å². The number of nitrogens with one attached hydrogen (secondary N) is 1. The third-order valence-electron chi connectivity index (χ3n) is 7.44. The standard InChI is InChI=1S/C21H20N2O5S3/c24-11(25)4-1-5-23-19(26)13-8-7-9(14(13)20(23)27)16-12(8)15(10-3-2-6-29-10)17-18(30-16)22-21(28)31-17/h2-3,6,8-9,12-16H,1,4-5,7H2,(H,22,28)(H,24,25)/t8-,9-,12+,13-,14+,15+,16-/m1/s1. The van der Waals surface area contributed by atoms with Crippen molar-refractivity contribution >= 4 is 52.2 Å². The largest absolute Gasteiger partial charge is 0.481 e. The zero-order valence-corrected chi connectivity index (χ0v) is 18.8. The fraction of sp³-hybridized carbons (Fsp3) is 0.524. The van der Waals surface area contributed by atoms with E-state index in [4.69, 9.17) is 5.11 Å². The first kappa shape index (κ1) is 19.8. The molecule has 0 radical (unpaired) electrons. The molecular weight excluding hydrogens is 456 g/mol. The van der Waals surface area contributed by atoms with Gasteiger partial charge in [0, 0.05) is 33.9 Å². The van der Waals surface area contributed by atoms with Gasteiger partial charge in [0.1, 0.15) is 0 Å². The smallest absolute Gasteiger partial charge is 0.305 e. The highest BCUT2D eigenvalue weighted by Gasteiger charge is 2.69. The second-order valence-electron chi connectivity index (χ2n) is 8.80. The number of imide groups is 1. The monoisotopic (exact) mass is 476 g/mol. The summed E-state index contributed by atoms with van der Waals surface area (Å²) in [6.45, 7) is 0.188. The number of hydrogen-bond donors (Lipinski definition) is 2. The Bertz CT molecular complexity index is 1140. The molecule has 2 bridgehead atoms. The molecule has 0 spiro atoms. The van der Waals surface area contributed by atoms with Crippen LogP contribution in [0.4, 0.5) is 0 Å². The lowest BCUT2D eigenvalue weighted by molar-refractivity contribution is -0.142. The zero-order valence-electron chi connectivity index (χ0n) is 16.4. The van der Waals surface area contributed by atoms with Gasteiger partial charge in [-0.15, -0.1) is 23.1 Å². The topological polar surface area (TPSA) is 108 Å². The lowest BCUT2D eigenvalue weighted by Gasteiger charge is -2.42. The number of carbonyl (C=O) groups is 3. The van der Waals surface area contributed by atoms with Gasteiger partial charge in [-0.25, -0.2) is 0 Å². The molecule has 7 nitrogen and oxygen atoms in total. The third kappa shape index (κ3) is 2.77. The molecule has 4 aliphatic rings. The Balaban J connectivity index is 1.36. The van der Waals surface area contributed by atoms with Gasteiger partial charge in [0.05, 0.1) is 16.9 Å². The Morgan fingerprint density at radius 1 is 1.19 bits per heavy atom. The number of hydrogen-bond acceptors (Lipinski definition) is 7. The van der Waals surface area contributed by atoms with Crippen molar-refractivity contribution in [3.63, 3.8) is 0 Å². The van der Waals surface area contributed by atoms with Gasteiger partial charge in [-0.1, -0.05) is 17.4 Å². The minimum atomic E-state index is -0.916. The lowest BCUT2D eigenvalue weighted by atomic mass is 9.69. The van der Waals surface area contributed by atoms with Crippen LogP contribution in [0, 0.1) is 29.6 Å². The molecule has 2 amide bonds. The molecule has 31 heavy (non-hydrogen) atoms. The fourth-order valence-electron chi connectivity index (χ4n) is 6.47. The van der Waals surface area contributed by atoms with Crippen molar-refractivity contribution in [1.82, 2.24) is 9.88 Å². The molecule has 6 rings (SSSR count). The summed E-state index contributed by atoms with van der Waals surface area (Å²) in [6, 6.07) is 4.13. The molecule has 2 aliphatic heterocycles. The molecule has 2 aliphatic carbocycles. The average molecular weight is 477 g/mol. The molecular formula is C21H20N2O5S3. The minimum Gasteiger partial charge on any atom is -0.481 e. The van der Waals surface area contributed by atoms with E-state index in [2.05, 4.69) is 11.1 Å². The molecule has 4 heterocycles. The van der Waals surface area contributed by atoms with Crippen LogP contribution in [0.2, 0.25) is 0 Å². The van der Waals surface area contributed by atoms with Crippen LogP contribution in [0.25, 0.3) is 0 Å². The molecule has 2 aromatic heterocycles. The van der Waals surface area contributed by atoms with Gasteiger partial charge in [-0.3, -0.25) is 24.1 Å². The van der Waals surface area contributed by atoms with Crippen LogP contribution in [-0.2, 0) is 14.4 Å². The van der Waals surface area contributed by atoms with Crippen LogP contribution in [0.5, 0.6) is 0 Å². The number of rotatable bonds is 5. The summed E-state index contributed by atoms with van der Waals surface area (Å²) in [5.74, 6) is -1.21. The lowest BCUT2D eigenvalue weighted by Crippen LogP contribution is -2.42. The van der Waals surface area contributed by atoms with E-state index >= 15 is 0 Å². The molecule has 2 aromatic rings. The third-order valence-corrected chi connectivity index (χ3v) is 11.0. The quantitative estimate of drug-likeness (QED) is 0.643. The molecule has 0 aromatic carbocycles. The van der Waals surface area contributed by atoms with Crippen LogP contribution in [-0.4, -0.2) is 44.6 Å². The van der Waals surface area contributed by atoms with Gasteiger partial charge in [0.15, 0.2) is 0 Å². The highest BCUT2D eigenvalue weighted by atomic mass is 32.2. The highest BCUT2D eigenvalue weighted by Crippen LogP contribution is 2.68. The number of carboxylic acid groups (broad SMARTS) is 1. The van der Waals surface area contributed by atoms with Crippen molar-refractivity contribution in [2.45, 2.75) is 35.5 Å². The average Bonchev–Trinajstić information content (AvgIpc) is 3.51. The van der Waals surface area contributed by atoms with Gasteiger partial charge in [-0.05, 0) is 42.0 Å². The highest BCUT2D eigenvalue weighted by molar-refractivity contribution is 8.00. The number of nitrogens with zero attached hydrogens (tertiary/aromatic N) is 1. The Morgan fingerprint density at radius 3 is 2.68 bits per heavy atom. The number of aliphatic carboxylic acids is 1. The van der Waals surface area contributed by atoms with Crippen LogP contribution in [0.3, 0.4) is 0 Å². The van der Waals surface area contributed by atoms with Gasteiger partial charge >= 0.3 is 10.8 Å². The predicted molar refractivity (Wildman–Crippen MR) is 116 cm³/mol. The van der Waals surface area contributed by atoms with Crippen molar-refractivity contribution in [2.24, 2.45) is 29.6 Å². The summed E-state index contributed by atoms with van der Waals surface area (Å²) in [6.07, 6.45) is 1.12. The van der Waals surface area contributed by atoms with Crippen molar-refractivity contribution in [2.75, 3.05) is 6.54 Å². The Kier molecular flexibility index (Phi) is 4.49. The number of carboxylic acids is 1. The summed E-state index contributed by atoms with van der Waals surface area (Å²) < 4.78 is 0. The predicted octanol–water partition coefficient (Wildman–Crippen LogP) is 2.84. The molecule has 2 saturated carbocycles. The summed E-state index contributed by atoms with van der Waals surface area (Å²) in [5, 5.41) is 12.1. The second kappa shape index (κ2) is 7.05. The number of amides is 2. The number of likely N-dealkylation sites (tertiary alicyclic amines) is 1. The van der Waals surface area contributed by atoms with E-state index in [9.17, 15) is 19.2 Å². The first-order chi connectivity index (χ1) is 15.0. The maximum atomic E-state index is 13.3. The number of carbonyl (C=O) groups excluding carboxylic acids is 2. The van der Waals surface area contributed by atoms with Gasteiger partial charge in [0.2, 0.25) is 11.8 Å². The summed E-state index contributed by atoms with van der Waals surface area (Å²) in [4.78, 5) is 56.0. The second-order valence-corrected chi connectivity index (χ2v) is 12.0. The number of aromatic nitrogens is 1. The normalized spacial score (nSPS) is 35.4. The molecule has 2 N–H and O–H groups in total. The maximum Gasteiger partial charge on any atom is 0.305 e. The molecule has 10 heteroatoms. The van der Waals surface area contributed by atoms with Crippen molar-refractivity contribution in [3.8, 4) is 0 Å². The number of thiazole rings is 1. The first-order valence-corrected chi connectivity index (χ1v) is 13.0. The summed E-state index contributed by atoms with van der Waals surface area (Å²) in [7, 11) is 0. The van der Waals surface area contributed by atoms with Crippen LogP contribution in [0.15, 0.2) is 27.3 Å². The molecule has 7 atom stereocenters. The number of aromatic amines is 1. The maximum absolute atomic E-state index is 13.3. The van der Waals surface area contributed by atoms with E-state index < -0.39 is 5.97 Å². The van der Waals surface area contributed by atoms with E-state index in [1.165, 1.54) is 21.1 Å². The number of thiophene rings is 1. The first-order valence-electron chi connectivity index (χ1n) is 10.5. The van der Waals surface area contributed by atoms with E-state index in [1.807, 2.05) is 11.4 Å². The number of thioether (sulfide) groups is 1. The SMILES string of the molecule is O=C(O)CCCN1C(=O)[C@@H]2[C@@H]3C[C@@H]([C@H]4Sc5[nH]c(=O)sc5[C@@H](c5cccs5)[C@H]34)[C@@H]2C1=O. The van der Waals surface area contributed by atoms with Crippen molar-refractivity contribution < 1.29 is 19.5 Å². The Hall–Kier alpha value is -1.91. The van der Waals surface area contributed by atoms with Crippen LogP contribution < -0.4 is 4.87 Å². The number of fused-ring (bicyclic) bond motifs is 9. The van der Waals surface area contributed by atoms with E-state index in [-0.39, 0.29) is 70.4 Å². The van der Waals surface area contributed by atoms with Gasteiger partial charge < -0.3 is 10.1 Å². The Labute approximate surface area is 189 Å². The minimum absolute atomic E-state index is 0.0473. The van der Waals surface area contributed by atoms with Crippen molar-refractivity contribution in [1.29, 1.82) is 0 Å². The zero-order chi connectivity index (χ0) is 21.4. The van der Waals surface area contributed by atoms with Gasteiger partial charge in [0.25, 0.3) is 0 Å². The van der Waals surface area contributed by atoms with Crippen molar-refractivity contribution in [3.05, 3.63) is 36.9 Å². The fourth-order valence-corrected chi connectivity index (χ4v) is 10.3. The summed E-state index contributed by atoms with van der Waals surface area (Å²) in [5.41, 5.74) is 0. The molecule has 0 unspecified atom stereocenters. The van der Waals surface area contributed by atoms with E-state index in [1.54, 1.807) is 23.1 Å². The number of H-pyrrole nitrogens is 1. The van der Waals surface area contributed by atoms with Crippen LogP contribution >= 0.6 is 34.4 Å². The van der Waals surface area contributed by atoms with E-state index in [0.717, 1.165) is 16.3 Å². The van der Waals surface area contributed by atoms with Crippen LogP contribution in [0.1, 0.15) is 34.9 Å². The molecule has 3 fully saturated rings.